The second-order valence-electron chi connectivity index (χ2n) is 4.42. The summed E-state index contributed by atoms with van der Waals surface area (Å²) in [7, 11) is 0. The molecule has 1 atom stereocenters. The third-order valence-electron chi connectivity index (χ3n) is 2.89. The summed E-state index contributed by atoms with van der Waals surface area (Å²) in [4.78, 5) is 7.23. The Hall–Kier alpha value is -1.10. The van der Waals surface area contributed by atoms with Gasteiger partial charge >= 0.3 is 0 Å². The molecule has 0 radical (unpaired) electrons. The molecule has 0 bridgehead atoms. The van der Waals surface area contributed by atoms with Crippen molar-refractivity contribution >= 4 is 49.6 Å². The highest BCUT2D eigenvalue weighted by Crippen LogP contribution is 2.34. The summed E-state index contributed by atoms with van der Waals surface area (Å²) in [5, 5.41) is 5.13. The predicted molar refractivity (Wildman–Crippen MR) is 85.7 cm³/mol. The number of nitrogens with one attached hydrogen (secondary N) is 1. The van der Waals surface area contributed by atoms with Crippen molar-refractivity contribution in [1.29, 1.82) is 0 Å². The zero-order chi connectivity index (χ0) is 13.4. The van der Waals surface area contributed by atoms with Gasteiger partial charge in [-0.25, -0.2) is 4.98 Å². The number of thiophene rings is 1. The number of hydrogen-bond acceptors (Lipinski definition) is 4. The summed E-state index contributed by atoms with van der Waals surface area (Å²) in [6.45, 7) is 4.28. The van der Waals surface area contributed by atoms with Crippen molar-refractivity contribution in [2.24, 2.45) is 0 Å². The summed E-state index contributed by atoms with van der Waals surface area (Å²) < 4.78 is 1.04. The van der Waals surface area contributed by atoms with E-state index in [0.29, 0.717) is 0 Å². The van der Waals surface area contributed by atoms with Crippen molar-refractivity contribution < 1.29 is 0 Å². The molecule has 1 N–H and O–H groups in total. The minimum Gasteiger partial charge on any atom is -0.354 e. The fourth-order valence-electron chi connectivity index (χ4n) is 1.92. The number of aryl methyl sites for hydroxylation is 1. The first-order valence-corrected chi connectivity index (χ1v) is 8.02. The highest BCUT2D eigenvalue weighted by atomic mass is 35.5. The Bertz CT molecular complexity index is 717. The van der Waals surface area contributed by atoms with Crippen molar-refractivity contribution in [1.82, 2.24) is 4.98 Å². The van der Waals surface area contributed by atoms with E-state index in [0.717, 1.165) is 20.4 Å². The van der Waals surface area contributed by atoms with Gasteiger partial charge in [-0.2, -0.15) is 0 Å². The van der Waals surface area contributed by atoms with Crippen LogP contribution in [0.25, 0.3) is 10.2 Å². The maximum Gasteiger partial charge on any atom is 0.184 e. The number of anilines is 1. The van der Waals surface area contributed by atoms with Gasteiger partial charge in [0.15, 0.2) is 5.13 Å². The first kappa shape index (κ1) is 12.9. The fourth-order valence-corrected chi connectivity index (χ4v) is 4.04. The van der Waals surface area contributed by atoms with E-state index in [9.17, 15) is 0 Å². The lowest BCUT2D eigenvalue weighted by atomic mass is 10.3. The van der Waals surface area contributed by atoms with Crippen molar-refractivity contribution in [2.75, 3.05) is 5.32 Å². The summed E-state index contributed by atoms with van der Waals surface area (Å²) >= 11 is 9.59. The number of rotatable bonds is 3. The van der Waals surface area contributed by atoms with E-state index >= 15 is 0 Å². The van der Waals surface area contributed by atoms with Gasteiger partial charge in [0.1, 0.15) is 0 Å². The maximum atomic E-state index is 6.17. The van der Waals surface area contributed by atoms with E-state index in [1.54, 1.807) is 11.3 Å². The first-order chi connectivity index (χ1) is 9.13. The van der Waals surface area contributed by atoms with Crippen LogP contribution in [0.15, 0.2) is 30.3 Å². The normalized spacial score (nSPS) is 12.8. The van der Waals surface area contributed by atoms with Gasteiger partial charge in [-0.1, -0.05) is 29.0 Å². The molecule has 0 fully saturated rings. The molecule has 0 saturated heterocycles. The molecular weight excluding hydrogens is 296 g/mol. The third kappa shape index (κ3) is 2.61. The smallest absolute Gasteiger partial charge is 0.184 e. The number of nitrogens with zero attached hydrogens (tertiary/aromatic N) is 1. The summed E-state index contributed by atoms with van der Waals surface area (Å²) in [5.41, 5.74) is 0.953. The van der Waals surface area contributed by atoms with E-state index in [1.165, 1.54) is 9.75 Å². The average Bonchev–Trinajstić information content (AvgIpc) is 2.96. The van der Waals surface area contributed by atoms with Crippen LogP contribution >= 0.6 is 34.3 Å². The number of thiazole rings is 1. The van der Waals surface area contributed by atoms with Crippen LogP contribution in [0, 0.1) is 6.92 Å². The molecule has 1 unspecified atom stereocenters. The van der Waals surface area contributed by atoms with Gasteiger partial charge in [-0.3, -0.25) is 0 Å². The molecule has 98 valence electrons. The average molecular weight is 309 g/mol. The molecule has 3 aromatic rings. The highest BCUT2D eigenvalue weighted by Gasteiger charge is 2.11. The molecule has 2 aromatic heterocycles. The summed E-state index contributed by atoms with van der Waals surface area (Å²) in [6, 6.07) is 10.4. The lowest BCUT2D eigenvalue weighted by Crippen LogP contribution is -2.03. The summed E-state index contributed by atoms with van der Waals surface area (Å²) in [5.74, 6) is 0. The SMILES string of the molecule is Cc1ccc(C(C)Nc2nc3cccc(Cl)c3s2)s1. The minimum atomic E-state index is 0.262. The Kier molecular flexibility index (Phi) is 3.48. The van der Waals surface area contributed by atoms with Gasteiger partial charge in [0.25, 0.3) is 0 Å². The third-order valence-corrected chi connectivity index (χ3v) is 5.54. The van der Waals surface area contributed by atoms with Crippen LogP contribution in [0.2, 0.25) is 5.02 Å². The van der Waals surface area contributed by atoms with E-state index < -0.39 is 0 Å². The summed E-state index contributed by atoms with van der Waals surface area (Å²) in [6.07, 6.45) is 0. The quantitative estimate of drug-likeness (QED) is 0.691. The lowest BCUT2D eigenvalue weighted by Gasteiger charge is -2.10. The molecule has 19 heavy (non-hydrogen) atoms. The van der Waals surface area contributed by atoms with Crippen molar-refractivity contribution in [3.05, 3.63) is 45.1 Å². The second kappa shape index (κ2) is 5.12. The van der Waals surface area contributed by atoms with Gasteiger partial charge < -0.3 is 5.32 Å². The van der Waals surface area contributed by atoms with E-state index in [4.69, 9.17) is 11.6 Å². The Labute approximate surface area is 125 Å². The molecule has 0 spiro atoms. The minimum absolute atomic E-state index is 0.262. The number of fused-ring (bicyclic) bond motifs is 1. The molecule has 1 aromatic carbocycles. The van der Waals surface area contributed by atoms with Gasteiger partial charge in [0, 0.05) is 9.75 Å². The maximum absolute atomic E-state index is 6.17. The van der Waals surface area contributed by atoms with Crippen LogP contribution in [0.4, 0.5) is 5.13 Å². The van der Waals surface area contributed by atoms with E-state index in [1.807, 2.05) is 29.5 Å². The van der Waals surface area contributed by atoms with Crippen molar-refractivity contribution in [2.45, 2.75) is 19.9 Å². The molecule has 2 heterocycles. The molecular formula is C14H13ClN2S2. The first-order valence-electron chi connectivity index (χ1n) is 6.01. The van der Waals surface area contributed by atoms with E-state index in [-0.39, 0.29) is 6.04 Å². The van der Waals surface area contributed by atoms with E-state index in [2.05, 4.69) is 36.3 Å². The molecule has 0 aliphatic heterocycles. The number of halogens is 1. The van der Waals surface area contributed by atoms with Gasteiger partial charge in [0.2, 0.25) is 0 Å². The largest absolute Gasteiger partial charge is 0.354 e. The number of benzene rings is 1. The number of aromatic nitrogens is 1. The molecule has 0 amide bonds. The second-order valence-corrected chi connectivity index (χ2v) is 7.15. The Morgan fingerprint density at radius 1 is 1.21 bits per heavy atom. The topological polar surface area (TPSA) is 24.9 Å². The van der Waals surface area contributed by atoms with Crippen LogP contribution in [0.1, 0.15) is 22.7 Å². The number of hydrogen-bond donors (Lipinski definition) is 1. The van der Waals surface area contributed by atoms with Gasteiger partial charge in [-0.15, -0.1) is 11.3 Å². The molecule has 0 aliphatic rings. The predicted octanol–water partition coefficient (Wildman–Crippen LogP) is 5.49. The monoisotopic (exact) mass is 308 g/mol. The van der Waals surface area contributed by atoms with Crippen LogP contribution in [0.5, 0.6) is 0 Å². The molecule has 0 saturated carbocycles. The van der Waals surface area contributed by atoms with Crippen LogP contribution in [-0.4, -0.2) is 4.98 Å². The standard InChI is InChI=1S/C14H13ClN2S2/c1-8-6-7-12(18-8)9(2)16-14-17-11-5-3-4-10(15)13(11)19-14/h3-7,9H,1-2H3,(H,16,17). The molecule has 2 nitrogen and oxygen atoms in total. The molecule has 0 aliphatic carbocycles. The van der Waals surface area contributed by atoms with Crippen LogP contribution < -0.4 is 5.32 Å². The fraction of sp³-hybridized carbons (Fsp3) is 0.214. The van der Waals surface area contributed by atoms with Crippen molar-refractivity contribution in [3.8, 4) is 0 Å². The zero-order valence-corrected chi connectivity index (χ0v) is 13.0. The van der Waals surface area contributed by atoms with Crippen molar-refractivity contribution in [3.63, 3.8) is 0 Å². The Morgan fingerprint density at radius 2 is 2.05 bits per heavy atom. The lowest BCUT2D eigenvalue weighted by molar-refractivity contribution is 0.905. The highest BCUT2D eigenvalue weighted by molar-refractivity contribution is 7.22. The van der Waals surface area contributed by atoms with Gasteiger partial charge in [0.05, 0.1) is 21.3 Å². The Morgan fingerprint density at radius 3 is 2.74 bits per heavy atom. The Balaban J connectivity index is 1.87. The van der Waals surface area contributed by atoms with Crippen LogP contribution in [-0.2, 0) is 0 Å². The zero-order valence-electron chi connectivity index (χ0n) is 10.6. The molecule has 5 heteroatoms. The van der Waals surface area contributed by atoms with Crippen LogP contribution in [0.3, 0.4) is 0 Å². The molecule has 3 rings (SSSR count). The van der Waals surface area contributed by atoms with Gasteiger partial charge in [-0.05, 0) is 38.1 Å².